The van der Waals surface area contributed by atoms with Crippen molar-refractivity contribution in [3.8, 4) is 0 Å². The fourth-order valence-corrected chi connectivity index (χ4v) is 1.33. The lowest BCUT2D eigenvalue weighted by molar-refractivity contribution is -0.462. The largest absolute Gasteiger partial charge is 0.442 e. The van der Waals surface area contributed by atoms with Crippen molar-refractivity contribution in [1.82, 2.24) is 0 Å². The van der Waals surface area contributed by atoms with Crippen molar-refractivity contribution < 1.29 is 74.1 Å². The van der Waals surface area contributed by atoms with Gasteiger partial charge in [-0.15, -0.1) is 0 Å². The van der Waals surface area contributed by atoms with Gasteiger partial charge in [-0.2, -0.15) is 65.5 Å². The normalized spacial score (nSPS) is 15.3. The van der Waals surface area contributed by atoms with Crippen LogP contribution in [0, 0.1) is 0 Å². The van der Waals surface area contributed by atoms with Gasteiger partial charge in [0.25, 0.3) is 5.83 Å². The first-order valence-corrected chi connectivity index (χ1v) is 6.19. The zero-order valence-electron chi connectivity index (χ0n) is 10.4. The Kier molecular flexibility index (Phi) is 5.80. The maximum absolute atomic E-state index is 12.8. The standard InChI is InChI=1S/C7F14O3S/c8-1(2(9)10)3(11,12)24-6(17,18)4(13,14)5(15,16)7(19,20)25(21,22)23. The van der Waals surface area contributed by atoms with Gasteiger partial charge in [0.15, 0.2) is 0 Å². The molecule has 0 aliphatic rings. The van der Waals surface area contributed by atoms with Crippen molar-refractivity contribution in [2.45, 2.75) is 29.3 Å². The molecule has 0 aromatic rings. The summed E-state index contributed by atoms with van der Waals surface area (Å²) >= 11 is 0. The van der Waals surface area contributed by atoms with E-state index in [4.69, 9.17) is 0 Å². The molecule has 0 atom stereocenters. The van der Waals surface area contributed by atoms with E-state index in [1.807, 2.05) is 0 Å². The van der Waals surface area contributed by atoms with E-state index in [1.165, 1.54) is 4.74 Å². The Balaban J connectivity index is 6.20. The average molecular weight is 430 g/mol. The van der Waals surface area contributed by atoms with Crippen LogP contribution >= 0.6 is 0 Å². The highest BCUT2D eigenvalue weighted by atomic mass is 32.3. The summed E-state index contributed by atoms with van der Waals surface area (Å²) in [6, 6.07) is 0. The summed E-state index contributed by atoms with van der Waals surface area (Å²) in [6.45, 7) is 0. The van der Waals surface area contributed by atoms with Gasteiger partial charge in [-0.25, -0.2) is 4.74 Å². The van der Waals surface area contributed by atoms with E-state index in [1.54, 1.807) is 0 Å². The number of alkyl halides is 10. The van der Waals surface area contributed by atoms with Gasteiger partial charge in [0.2, 0.25) is 0 Å². The molecular formula is C7F14O3S. The minimum atomic E-state index is -8.02. The van der Waals surface area contributed by atoms with Crippen molar-refractivity contribution in [2.24, 2.45) is 0 Å². The third-order valence-electron chi connectivity index (χ3n) is 2.11. The first kappa shape index (κ1) is 23.7. The van der Waals surface area contributed by atoms with Gasteiger partial charge in [0.1, 0.15) is 0 Å². The van der Waals surface area contributed by atoms with E-state index in [0.29, 0.717) is 0 Å². The van der Waals surface area contributed by atoms with Crippen LogP contribution in [0.15, 0.2) is 11.9 Å². The Morgan fingerprint density at radius 1 is 0.720 bits per heavy atom. The molecule has 0 rings (SSSR count). The van der Waals surface area contributed by atoms with Crippen LogP contribution in [0.3, 0.4) is 0 Å². The van der Waals surface area contributed by atoms with Crippen molar-refractivity contribution in [1.29, 1.82) is 0 Å². The van der Waals surface area contributed by atoms with Gasteiger partial charge in [0.05, 0.1) is 0 Å². The third kappa shape index (κ3) is 3.77. The fourth-order valence-electron chi connectivity index (χ4n) is 0.899. The summed E-state index contributed by atoms with van der Waals surface area (Å²) in [5.41, 5.74) is 0. The number of rotatable bonds is 7. The molecular weight excluding hydrogens is 430 g/mol. The molecule has 0 N–H and O–H groups in total. The van der Waals surface area contributed by atoms with E-state index in [2.05, 4.69) is 0 Å². The molecule has 3 nitrogen and oxygen atoms in total. The van der Waals surface area contributed by atoms with Crippen molar-refractivity contribution in [3.05, 3.63) is 11.9 Å². The van der Waals surface area contributed by atoms with Crippen molar-refractivity contribution >= 4 is 10.2 Å². The van der Waals surface area contributed by atoms with Crippen LogP contribution in [0.4, 0.5) is 61.0 Å². The zero-order chi connectivity index (χ0) is 20.9. The number of hydrogen-bond acceptors (Lipinski definition) is 3. The summed E-state index contributed by atoms with van der Waals surface area (Å²) in [5, 5.41) is -7.61. The molecule has 0 aromatic heterocycles. The molecule has 0 amide bonds. The highest BCUT2D eigenvalue weighted by Gasteiger charge is 2.86. The molecule has 0 unspecified atom stereocenters. The Morgan fingerprint density at radius 3 is 1.36 bits per heavy atom. The van der Waals surface area contributed by atoms with Crippen molar-refractivity contribution in [2.75, 3.05) is 0 Å². The smallest absolute Gasteiger partial charge is 0.244 e. The van der Waals surface area contributed by atoms with Crippen LogP contribution in [0.1, 0.15) is 0 Å². The molecule has 0 fully saturated rings. The minimum absolute atomic E-state index is 1.45. The van der Waals surface area contributed by atoms with Crippen LogP contribution in [0.2, 0.25) is 0 Å². The Bertz CT molecular complexity index is 645. The number of ether oxygens (including phenoxy) is 1. The molecule has 0 aliphatic carbocycles. The summed E-state index contributed by atoms with van der Waals surface area (Å²) in [7, 11) is -8.02. The Labute approximate surface area is 127 Å². The second-order valence-corrected chi connectivity index (χ2v) is 5.20. The predicted octanol–water partition coefficient (Wildman–Crippen LogP) is 4.43. The predicted molar refractivity (Wildman–Crippen MR) is 46.2 cm³/mol. The van der Waals surface area contributed by atoms with Crippen LogP contribution < -0.4 is 0 Å². The lowest BCUT2D eigenvalue weighted by Crippen LogP contribution is -2.65. The van der Waals surface area contributed by atoms with Gasteiger partial charge in [0, 0.05) is 0 Å². The topological polar surface area (TPSA) is 43.4 Å². The van der Waals surface area contributed by atoms with Crippen LogP contribution in [-0.4, -0.2) is 37.7 Å². The molecule has 0 saturated heterocycles. The zero-order valence-corrected chi connectivity index (χ0v) is 11.2. The first-order chi connectivity index (χ1) is 10.6. The molecule has 18 heteroatoms. The van der Waals surface area contributed by atoms with Gasteiger partial charge in [-0.05, 0) is 0 Å². The number of hydrogen-bond donors (Lipinski definition) is 0. The van der Waals surface area contributed by atoms with E-state index in [0.717, 1.165) is 0 Å². The summed E-state index contributed by atoms with van der Waals surface area (Å²) in [5.74, 6) is -20.2. The summed E-state index contributed by atoms with van der Waals surface area (Å²) in [4.78, 5) is 0. The molecule has 25 heavy (non-hydrogen) atoms. The van der Waals surface area contributed by atoms with Crippen molar-refractivity contribution in [3.63, 3.8) is 0 Å². The molecule has 150 valence electrons. The van der Waals surface area contributed by atoms with Gasteiger partial charge < -0.3 is 0 Å². The highest BCUT2D eigenvalue weighted by molar-refractivity contribution is 7.87. The highest BCUT2D eigenvalue weighted by Crippen LogP contribution is 2.56. The lowest BCUT2D eigenvalue weighted by Gasteiger charge is -2.35. The monoisotopic (exact) mass is 430 g/mol. The van der Waals surface area contributed by atoms with E-state index < -0.39 is 51.4 Å². The maximum Gasteiger partial charge on any atom is 0.442 e. The Morgan fingerprint density at radius 2 is 1.08 bits per heavy atom. The first-order valence-electron chi connectivity index (χ1n) is 4.81. The molecule has 0 heterocycles. The average Bonchev–Trinajstić information content (AvgIpc) is 2.34. The third-order valence-corrected chi connectivity index (χ3v) is 2.98. The minimum Gasteiger partial charge on any atom is -0.244 e. The molecule has 0 aromatic carbocycles. The Hall–Kier alpha value is -1.33. The van der Waals surface area contributed by atoms with E-state index in [9.17, 15) is 69.4 Å². The molecule has 0 bridgehead atoms. The van der Waals surface area contributed by atoms with Crippen LogP contribution in [0.5, 0.6) is 0 Å². The second-order valence-electron chi connectivity index (χ2n) is 3.81. The van der Waals surface area contributed by atoms with Crippen LogP contribution in [-0.2, 0) is 15.0 Å². The molecule has 0 radical (unpaired) electrons. The fraction of sp³-hybridized carbons (Fsp3) is 0.714. The van der Waals surface area contributed by atoms with E-state index in [-0.39, 0.29) is 0 Å². The van der Waals surface area contributed by atoms with Gasteiger partial charge in [-0.1, -0.05) is 3.89 Å². The molecule has 0 aliphatic heterocycles. The van der Waals surface area contributed by atoms with Gasteiger partial charge >= 0.3 is 45.6 Å². The maximum atomic E-state index is 12.8. The lowest BCUT2D eigenvalue weighted by atomic mass is 10.1. The van der Waals surface area contributed by atoms with Crippen LogP contribution in [0.25, 0.3) is 0 Å². The molecule has 0 spiro atoms. The summed E-state index contributed by atoms with van der Waals surface area (Å²) < 4.78 is 194. The summed E-state index contributed by atoms with van der Waals surface area (Å²) in [6.07, 6.45) is -18.5. The molecule has 0 saturated carbocycles. The SMILES string of the molecule is O=S(=O)(F)C(F)(F)C(F)(F)C(F)(F)C(F)(F)OC(F)(F)C(F)=C(F)F. The second kappa shape index (κ2) is 6.13. The van der Waals surface area contributed by atoms with E-state index >= 15 is 0 Å². The number of halogens is 14. The quantitative estimate of drug-likeness (QED) is 0.444. The van der Waals surface area contributed by atoms with Gasteiger partial charge in [-0.3, -0.25) is 0 Å².